The van der Waals surface area contributed by atoms with Crippen LogP contribution in [0.25, 0.3) is 0 Å². The van der Waals surface area contributed by atoms with Crippen LogP contribution in [0.4, 0.5) is 0 Å². The summed E-state index contributed by atoms with van der Waals surface area (Å²) < 4.78 is 0. The van der Waals surface area contributed by atoms with Crippen molar-refractivity contribution in [3.8, 4) is 0 Å². The van der Waals surface area contributed by atoms with Crippen molar-refractivity contribution in [2.75, 3.05) is 13.6 Å². The molecule has 0 heterocycles. The van der Waals surface area contributed by atoms with E-state index in [-0.39, 0.29) is 29.8 Å². The van der Waals surface area contributed by atoms with Crippen molar-refractivity contribution in [1.29, 1.82) is 0 Å². The fourth-order valence-corrected chi connectivity index (χ4v) is 2.98. The molecule has 2 N–H and O–H groups in total. The maximum Gasteiger partial charge on any atom is 0.224 e. The standard InChI is InChI=1S/C16H24N2O.ClH/c1-13(12-17-2)15(19)18-16(10-6-7-11-16)14-8-4-3-5-9-14;/h3-5,8-9,13,17H,6-7,10-12H2,1-2H3,(H,18,19);1H. The van der Waals surface area contributed by atoms with E-state index in [9.17, 15) is 4.79 Å². The lowest BCUT2D eigenvalue weighted by Crippen LogP contribution is -2.47. The molecule has 3 nitrogen and oxygen atoms in total. The zero-order valence-electron chi connectivity index (χ0n) is 12.3. The summed E-state index contributed by atoms with van der Waals surface area (Å²) in [4.78, 5) is 12.3. The molecule has 0 spiro atoms. The van der Waals surface area contributed by atoms with Crippen LogP contribution in [-0.4, -0.2) is 19.5 Å². The Kier molecular flexibility index (Phi) is 6.50. The zero-order valence-corrected chi connectivity index (χ0v) is 13.1. The molecule has 1 aliphatic rings. The molecule has 1 amide bonds. The summed E-state index contributed by atoms with van der Waals surface area (Å²) in [5, 5.41) is 6.38. The smallest absolute Gasteiger partial charge is 0.224 e. The van der Waals surface area contributed by atoms with Crippen molar-refractivity contribution in [2.24, 2.45) is 5.92 Å². The van der Waals surface area contributed by atoms with Gasteiger partial charge in [-0.2, -0.15) is 0 Å². The Morgan fingerprint density at radius 2 is 1.85 bits per heavy atom. The maximum atomic E-state index is 12.3. The highest BCUT2D eigenvalue weighted by Gasteiger charge is 2.37. The minimum absolute atomic E-state index is 0. The van der Waals surface area contributed by atoms with Gasteiger partial charge in [0, 0.05) is 12.5 Å². The van der Waals surface area contributed by atoms with Crippen molar-refractivity contribution in [3.63, 3.8) is 0 Å². The van der Waals surface area contributed by atoms with Crippen molar-refractivity contribution in [1.82, 2.24) is 10.6 Å². The Balaban J connectivity index is 0.00000200. The van der Waals surface area contributed by atoms with E-state index in [1.165, 1.54) is 18.4 Å². The molecule has 4 heteroatoms. The summed E-state index contributed by atoms with van der Waals surface area (Å²) in [7, 11) is 1.88. The number of rotatable bonds is 5. The highest BCUT2D eigenvalue weighted by atomic mass is 35.5. The molecule has 1 saturated carbocycles. The molecular formula is C16H25ClN2O. The molecule has 0 aliphatic heterocycles. The van der Waals surface area contributed by atoms with E-state index in [2.05, 4.69) is 34.9 Å². The summed E-state index contributed by atoms with van der Waals surface area (Å²) in [6.07, 6.45) is 4.48. The lowest BCUT2D eigenvalue weighted by atomic mass is 9.87. The number of amides is 1. The van der Waals surface area contributed by atoms with Crippen LogP contribution >= 0.6 is 12.4 Å². The van der Waals surface area contributed by atoms with E-state index in [1.54, 1.807) is 0 Å². The van der Waals surface area contributed by atoms with Crippen LogP contribution in [0.3, 0.4) is 0 Å². The first-order valence-electron chi connectivity index (χ1n) is 7.20. The van der Waals surface area contributed by atoms with Gasteiger partial charge in [0.1, 0.15) is 0 Å². The predicted molar refractivity (Wildman–Crippen MR) is 85.1 cm³/mol. The average molecular weight is 297 g/mol. The molecule has 20 heavy (non-hydrogen) atoms. The summed E-state index contributed by atoms with van der Waals surface area (Å²) in [6.45, 7) is 2.69. The predicted octanol–water partition coefficient (Wildman–Crippen LogP) is 2.85. The third kappa shape index (κ3) is 3.74. The zero-order chi connectivity index (χ0) is 13.7. The van der Waals surface area contributed by atoms with Crippen molar-refractivity contribution in [3.05, 3.63) is 35.9 Å². The summed E-state index contributed by atoms with van der Waals surface area (Å²) in [5.41, 5.74) is 1.11. The summed E-state index contributed by atoms with van der Waals surface area (Å²) in [5.74, 6) is 0.159. The largest absolute Gasteiger partial charge is 0.346 e. The molecule has 1 aromatic carbocycles. The number of carbonyl (C=O) groups excluding carboxylic acids is 1. The summed E-state index contributed by atoms with van der Waals surface area (Å²) in [6, 6.07) is 10.4. The maximum absolute atomic E-state index is 12.3. The minimum Gasteiger partial charge on any atom is -0.346 e. The normalized spacial score (nSPS) is 18.1. The topological polar surface area (TPSA) is 41.1 Å². The number of benzene rings is 1. The van der Waals surface area contributed by atoms with Crippen LogP contribution in [0.1, 0.15) is 38.2 Å². The molecule has 1 fully saturated rings. The van der Waals surface area contributed by atoms with Crippen LogP contribution in [0.5, 0.6) is 0 Å². The molecule has 0 bridgehead atoms. The Morgan fingerprint density at radius 3 is 2.40 bits per heavy atom. The minimum atomic E-state index is -0.139. The van der Waals surface area contributed by atoms with E-state index in [1.807, 2.05) is 20.0 Å². The molecule has 0 aromatic heterocycles. The lowest BCUT2D eigenvalue weighted by Gasteiger charge is -2.32. The number of hydrogen-bond acceptors (Lipinski definition) is 2. The molecule has 2 rings (SSSR count). The Hall–Kier alpha value is -1.06. The van der Waals surface area contributed by atoms with E-state index in [0.717, 1.165) is 19.4 Å². The van der Waals surface area contributed by atoms with Gasteiger partial charge in [-0.25, -0.2) is 0 Å². The van der Waals surface area contributed by atoms with E-state index in [4.69, 9.17) is 0 Å². The van der Waals surface area contributed by atoms with Gasteiger partial charge in [0.25, 0.3) is 0 Å². The van der Waals surface area contributed by atoms with Gasteiger partial charge in [-0.05, 0) is 25.5 Å². The molecule has 112 valence electrons. The molecular weight excluding hydrogens is 272 g/mol. The van der Waals surface area contributed by atoms with Gasteiger partial charge >= 0.3 is 0 Å². The summed E-state index contributed by atoms with van der Waals surface area (Å²) >= 11 is 0. The number of nitrogens with one attached hydrogen (secondary N) is 2. The molecule has 1 unspecified atom stereocenters. The molecule has 0 radical (unpaired) electrons. The molecule has 1 atom stereocenters. The van der Waals surface area contributed by atoms with Crippen LogP contribution in [-0.2, 0) is 10.3 Å². The lowest BCUT2D eigenvalue weighted by molar-refractivity contribution is -0.126. The van der Waals surface area contributed by atoms with Crippen LogP contribution in [0.15, 0.2) is 30.3 Å². The first-order valence-corrected chi connectivity index (χ1v) is 7.20. The Bertz CT molecular complexity index is 416. The third-order valence-corrected chi connectivity index (χ3v) is 4.10. The van der Waals surface area contributed by atoms with Crippen LogP contribution < -0.4 is 10.6 Å². The first-order chi connectivity index (χ1) is 9.18. The van der Waals surface area contributed by atoms with E-state index < -0.39 is 0 Å². The van der Waals surface area contributed by atoms with Crippen LogP contribution in [0.2, 0.25) is 0 Å². The van der Waals surface area contributed by atoms with Crippen molar-refractivity contribution >= 4 is 18.3 Å². The monoisotopic (exact) mass is 296 g/mol. The average Bonchev–Trinajstić information content (AvgIpc) is 2.90. The van der Waals surface area contributed by atoms with E-state index in [0.29, 0.717) is 0 Å². The van der Waals surface area contributed by atoms with Crippen LogP contribution in [0, 0.1) is 5.92 Å². The quantitative estimate of drug-likeness (QED) is 0.877. The fraction of sp³-hybridized carbons (Fsp3) is 0.562. The Morgan fingerprint density at radius 1 is 1.25 bits per heavy atom. The van der Waals surface area contributed by atoms with Crippen molar-refractivity contribution < 1.29 is 4.79 Å². The van der Waals surface area contributed by atoms with Gasteiger partial charge in [-0.15, -0.1) is 12.4 Å². The second kappa shape index (κ2) is 7.65. The number of carbonyl (C=O) groups is 1. The Labute approximate surface area is 127 Å². The number of hydrogen-bond donors (Lipinski definition) is 2. The van der Waals surface area contributed by atoms with Gasteiger partial charge in [0.05, 0.1) is 5.54 Å². The number of halogens is 1. The molecule has 1 aliphatic carbocycles. The van der Waals surface area contributed by atoms with Gasteiger partial charge in [-0.3, -0.25) is 4.79 Å². The first kappa shape index (κ1) is 17.0. The second-order valence-corrected chi connectivity index (χ2v) is 5.60. The van der Waals surface area contributed by atoms with Gasteiger partial charge in [0.15, 0.2) is 0 Å². The second-order valence-electron chi connectivity index (χ2n) is 5.60. The SMILES string of the molecule is CNCC(C)C(=O)NC1(c2ccccc2)CCCC1.Cl. The van der Waals surface area contributed by atoms with Crippen molar-refractivity contribution in [2.45, 2.75) is 38.1 Å². The highest BCUT2D eigenvalue weighted by molar-refractivity contribution is 5.85. The fourth-order valence-electron chi connectivity index (χ4n) is 2.98. The highest BCUT2D eigenvalue weighted by Crippen LogP contribution is 2.38. The molecule has 0 saturated heterocycles. The molecule has 1 aromatic rings. The van der Waals surface area contributed by atoms with E-state index >= 15 is 0 Å². The third-order valence-electron chi connectivity index (χ3n) is 4.10. The van der Waals surface area contributed by atoms with Gasteiger partial charge in [-0.1, -0.05) is 50.1 Å². The van der Waals surface area contributed by atoms with Gasteiger partial charge < -0.3 is 10.6 Å². The van der Waals surface area contributed by atoms with Gasteiger partial charge in [0.2, 0.25) is 5.91 Å².